The molecule has 0 spiro atoms. The number of anilines is 1. The molecule has 0 saturated carbocycles. The monoisotopic (exact) mass is 346 g/mol. The number of hydrogen-bond donors (Lipinski definition) is 3. The third-order valence-electron chi connectivity index (χ3n) is 2.80. The lowest BCUT2D eigenvalue weighted by atomic mass is 10.1. The van der Waals surface area contributed by atoms with Gasteiger partial charge in [-0.15, -0.1) is 0 Å². The summed E-state index contributed by atoms with van der Waals surface area (Å²) in [5.41, 5.74) is 1.09. The average Bonchev–Trinajstić information content (AvgIpc) is 2.35. The predicted octanol–water partition coefficient (Wildman–Crippen LogP) is 3.13. The van der Waals surface area contributed by atoms with E-state index >= 15 is 0 Å². The van der Waals surface area contributed by atoms with Gasteiger partial charge in [0.25, 0.3) is 0 Å². The van der Waals surface area contributed by atoms with Gasteiger partial charge in [0.2, 0.25) is 0 Å². The zero-order valence-electron chi connectivity index (χ0n) is 11.2. The van der Waals surface area contributed by atoms with Gasteiger partial charge in [0, 0.05) is 12.2 Å². The maximum Gasteiger partial charge on any atom is 0.319 e. The Balaban J connectivity index is 2.51. The molecule has 1 atom stereocenters. The van der Waals surface area contributed by atoms with Crippen LogP contribution in [0.3, 0.4) is 0 Å². The summed E-state index contributed by atoms with van der Waals surface area (Å²) in [5, 5.41) is 13.8. The maximum absolute atomic E-state index is 13.2. The van der Waals surface area contributed by atoms with E-state index in [1.807, 2.05) is 0 Å². The van der Waals surface area contributed by atoms with E-state index in [1.54, 1.807) is 13.8 Å². The normalized spacial score (nSPS) is 11.8. The highest BCUT2D eigenvalue weighted by Crippen LogP contribution is 2.24. The van der Waals surface area contributed by atoms with Crippen molar-refractivity contribution in [1.29, 1.82) is 0 Å². The molecule has 0 aromatic heterocycles. The van der Waals surface area contributed by atoms with Crippen LogP contribution < -0.4 is 10.6 Å². The van der Waals surface area contributed by atoms with Crippen molar-refractivity contribution in [2.24, 2.45) is 5.92 Å². The molecule has 3 N–H and O–H groups in total. The van der Waals surface area contributed by atoms with Gasteiger partial charge in [0.15, 0.2) is 0 Å². The number of aliphatic carboxylic acids is 1. The minimum atomic E-state index is -0.898. The molecule has 0 heterocycles. The number of nitrogens with one attached hydrogen (secondary N) is 2. The Morgan fingerprint density at radius 2 is 2.10 bits per heavy atom. The minimum absolute atomic E-state index is 0.251. The fourth-order valence-corrected chi connectivity index (χ4v) is 1.82. The summed E-state index contributed by atoms with van der Waals surface area (Å²) in [7, 11) is 0. The van der Waals surface area contributed by atoms with Gasteiger partial charge in [-0.25, -0.2) is 9.18 Å². The minimum Gasteiger partial charge on any atom is -0.481 e. The summed E-state index contributed by atoms with van der Waals surface area (Å²) in [6, 6.07) is 2.33. The van der Waals surface area contributed by atoms with Crippen LogP contribution >= 0.6 is 15.9 Å². The third kappa shape index (κ3) is 4.80. The number of urea groups is 1. The number of hydrogen-bond acceptors (Lipinski definition) is 2. The summed E-state index contributed by atoms with van der Waals surface area (Å²) in [6.07, 6.45) is 0.342. The zero-order chi connectivity index (χ0) is 15.3. The molecule has 1 aromatic rings. The lowest BCUT2D eigenvalue weighted by molar-refractivity contribution is -0.141. The highest BCUT2D eigenvalue weighted by atomic mass is 79.9. The molecule has 110 valence electrons. The first-order chi connectivity index (χ1) is 9.31. The van der Waals surface area contributed by atoms with E-state index in [1.165, 1.54) is 12.1 Å². The number of aryl methyl sites for hydroxylation is 1. The summed E-state index contributed by atoms with van der Waals surface area (Å²) in [5.74, 6) is -1.81. The topological polar surface area (TPSA) is 78.4 Å². The Labute approximate surface area is 124 Å². The summed E-state index contributed by atoms with van der Waals surface area (Å²) in [6.45, 7) is 3.50. The van der Waals surface area contributed by atoms with Crippen LogP contribution in [-0.4, -0.2) is 23.7 Å². The van der Waals surface area contributed by atoms with Gasteiger partial charge in [-0.2, -0.15) is 0 Å². The first kappa shape index (κ1) is 16.4. The molecule has 0 bridgehead atoms. The molecular weight excluding hydrogens is 331 g/mol. The van der Waals surface area contributed by atoms with E-state index in [0.29, 0.717) is 17.7 Å². The van der Waals surface area contributed by atoms with Crippen LogP contribution in [0, 0.1) is 18.7 Å². The van der Waals surface area contributed by atoms with E-state index in [4.69, 9.17) is 5.11 Å². The van der Waals surface area contributed by atoms with Crippen LogP contribution in [0.5, 0.6) is 0 Å². The van der Waals surface area contributed by atoms with E-state index < -0.39 is 23.7 Å². The predicted molar refractivity (Wildman–Crippen MR) is 77.3 cm³/mol. The first-order valence-corrected chi connectivity index (χ1v) is 6.84. The van der Waals surface area contributed by atoms with Crippen molar-refractivity contribution in [2.45, 2.75) is 20.3 Å². The Morgan fingerprint density at radius 3 is 2.70 bits per heavy atom. The van der Waals surface area contributed by atoms with Crippen molar-refractivity contribution in [3.8, 4) is 0 Å². The molecule has 0 radical (unpaired) electrons. The van der Waals surface area contributed by atoms with Gasteiger partial charge in [-0.05, 0) is 47.0 Å². The molecule has 0 aliphatic rings. The number of carbonyl (C=O) groups is 2. The molecule has 0 fully saturated rings. The zero-order valence-corrected chi connectivity index (χ0v) is 12.8. The molecule has 0 aliphatic heterocycles. The molecule has 2 amide bonds. The van der Waals surface area contributed by atoms with Crippen LogP contribution in [0.25, 0.3) is 0 Å². The SMILES string of the molecule is Cc1cc(F)c(Br)cc1NC(=O)NCCC(C)C(=O)O. The molecule has 20 heavy (non-hydrogen) atoms. The number of carboxylic acids is 1. The highest BCUT2D eigenvalue weighted by molar-refractivity contribution is 9.10. The second-order valence-corrected chi connectivity index (χ2v) is 5.34. The van der Waals surface area contributed by atoms with Gasteiger partial charge >= 0.3 is 12.0 Å². The molecule has 1 rings (SSSR count). The van der Waals surface area contributed by atoms with Gasteiger partial charge in [0.1, 0.15) is 5.82 Å². The van der Waals surface area contributed by atoms with Crippen molar-refractivity contribution in [3.05, 3.63) is 28.0 Å². The summed E-state index contributed by atoms with van der Waals surface area (Å²) >= 11 is 3.05. The maximum atomic E-state index is 13.2. The van der Waals surface area contributed by atoms with Crippen LogP contribution in [0.4, 0.5) is 14.9 Å². The van der Waals surface area contributed by atoms with Crippen LogP contribution in [0.1, 0.15) is 18.9 Å². The van der Waals surface area contributed by atoms with Crippen molar-refractivity contribution in [2.75, 3.05) is 11.9 Å². The molecule has 0 saturated heterocycles. The largest absolute Gasteiger partial charge is 0.481 e. The number of benzene rings is 1. The quantitative estimate of drug-likeness (QED) is 0.766. The second-order valence-electron chi connectivity index (χ2n) is 4.49. The van der Waals surface area contributed by atoms with E-state index in [0.717, 1.165) is 0 Å². The lowest BCUT2D eigenvalue weighted by Gasteiger charge is -2.11. The van der Waals surface area contributed by atoms with Crippen molar-refractivity contribution >= 4 is 33.6 Å². The van der Waals surface area contributed by atoms with E-state index in [2.05, 4.69) is 26.6 Å². The Bertz CT molecular complexity index is 523. The lowest BCUT2D eigenvalue weighted by Crippen LogP contribution is -2.31. The molecule has 1 unspecified atom stereocenters. The number of amides is 2. The number of halogens is 2. The number of rotatable bonds is 5. The standard InChI is InChI=1S/C13H16BrFN2O3/c1-7(12(18)19)3-4-16-13(20)17-11-6-9(14)10(15)5-8(11)2/h5-7H,3-4H2,1-2H3,(H,18,19)(H2,16,17,20). The Morgan fingerprint density at radius 1 is 1.45 bits per heavy atom. The fourth-order valence-electron chi connectivity index (χ4n) is 1.47. The molecule has 7 heteroatoms. The van der Waals surface area contributed by atoms with Crippen LogP contribution in [0.2, 0.25) is 0 Å². The molecule has 1 aromatic carbocycles. The van der Waals surface area contributed by atoms with Gasteiger partial charge < -0.3 is 15.7 Å². The smallest absolute Gasteiger partial charge is 0.319 e. The van der Waals surface area contributed by atoms with Gasteiger partial charge in [-0.1, -0.05) is 6.92 Å². The summed E-state index contributed by atoms with van der Waals surface area (Å²) in [4.78, 5) is 22.2. The average molecular weight is 347 g/mol. The molecular formula is C13H16BrFN2O3. The van der Waals surface area contributed by atoms with Crippen LogP contribution in [-0.2, 0) is 4.79 Å². The Kier molecular flexibility index (Phi) is 5.94. The number of carbonyl (C=O) groups excluding carboxylic acids is 1. The van der Waals surface area contributed by atoms with E-state index in [9.17, 15) is 14.0 Å². The van der Waals surface area contributed by atoms with Crippen molar-refractivity contribution in [1.82, 2.24) is 5.32 Å². The first-order valence-electron chi connectivity index (χ1n) is 6.04. The Hall–Kier alpha value is -1.63. The van der Waals surface area contributed by atoms with Crippen LogP contribution in [0.15, 0.2) is 16.6 Å². The molecule has 0 aliphatic carbocycles. The highest BCUT2D eigenvalue weighted by Gasteiger charge is 2.12. The second kappa shape index (κ2) is 7.23. The van der Waals surface area contributed by atoms with Gasteiger partial charge in [0.05, 0.1) is 10.4 Å². The molecule has 5 nitrogen and oxygen atoms in total. The third-order valence-corrected chi connectivity index (χ3v) is 3.41. The van der Waals surface area contributed by atoms with Crippen molar-refractivity contribution < 1.29 is 19.1 Å². The fraction of sp³-hybridized carbons (Fsp3) is 0.385. The van der Waals surface area contributed by atoms with E-state index in [-0.39, 0.29) is 11.0 Å². The summed E-state index contributed by atoms with van der Waals surface area (Å²) < 4.78 is 13.5. The number of carboxylic acid groups (broad SMARTS) is 1. The van der Waals surface area contributed by atoms with Gasteiger partial charge in [-0.3, -0.25) is 4.79 Å². The van der Waals surface area contributed by atoms with Crippen molar-refractivity contribution in [3.63, 3.8) is 0 Å².